The van der Waals surface area contributed by atoms with E-state index in [2.05, 4.69) is 5.32 Å². The lowest BCUT2D eigenvalue weighted by Gasteiger charge is -2.31. The van der Waals surface area contributed by atoms with Gasteiger partial charge in [0.25, 0.3) is 0 Å². The van der Waals surface area contributed by atoms with Crippen molar-refractivity contribution in [3.8, 4) is 0 Å². The molecule has 1 unspecified atom stereocenters. The molecule has 1 aliphatic rings. The molecule has 4 rings (SSSR count). The van der Waals surface area contributed by atoms with Gasteiger partial charge in [0.05, 0.1) is 5.56 Å². The summed E-state index contributed by atoms with van der Waals surface area (Å²) < 4.78 is 5.86. The Morgan fingerprint density at radius 2 is 1.50 bits per heavy atom. The summed E-state index contributed by atoms with van der Waals surface area (Å²) >= 11 is 5.97. The molecule has 0 aliphatic carbocycles. The number of cyclic esters (lactones) is 1. The largest absolute Gasteiger partial charge is 0.427 e. The summed E-state index contributed by atoms with van der Waals surface area (Å²) in [6, 6.07) is 24.4. The van der Waals surface area contributed by atoms with E-state index < -0.39 is 5.72 Å². The van der Waals surface area contributed by atoms with Gasteiger partial charge in [0.15, 0.2) is 0 Å². The Morgan fingerprint density at radius 3 is 2.25 bits per heavy atom. The van der Waals surface area contributed by atoms with Gasteiger partial charge in [-0.05, 0) is 30.3 Å². The molecule has 3 nitrogen and oxygen atoms in total. The molecule has 4 heteroatoms. The van der Waals surface area contributed by atoms with Crippen molar-refractivity contribution in [2.24, 2.45) is 0 Å². The summed E-state index contributed by atoms with van der Waals surface area (Å²) in [7, 11) is 0. The van der Waals surface area contributed by atoms with Crippen molar-refractivity contribution in [1.29, 1.82) is 0 Å². The maximum atomic E-state index is 12.4. The van der Waals surface area contributed by atoms with Gasteiger partial charge in [-0.3, -0.25) is 0 Å². The van der Waals surface area contributed by atoms with Gasteiger partial charge in [-0.2, -0.15) is 0 Å². The van der Waals surface area contributed by atoms with Gasteiger partial charge in [0, 0.05) is 21.8 Å². The van der Waals surface area contributed by atoms with Crippen molar-refractivity contribution in [3.05, 3.63) is 101 Å². The van der Waals surface area contributed by atoms with Crippen LogP contribution in [0.5, 0.6) is 0 Å². The van der Waals surface area contributed by atoms with Gasteiger partial charge in [0.1, 0.15) is 0 Å². The van der Waals surface area contributed by atoms with E-state index in [1.165, 1.54) is 0 Å². The predicted octanol–water partition coefficient (Wildman–Crippen LogP) is 4.82. The van der Waals surface area contributed by atoms with Crippen molar-refractivity contribution in [2.45, 2.75) is 5.72 Å². The summed E-state index contributed by atoms with van der Waals surface area (Å²) in [6.07, 6.45) is 0. The van der Waals surface area contributed by atoms with Crippen LogP contribution in [0.4, 0.5) is 5.69 Å². The summed E-state index contributed by atoms with van der Waals surface area (Å²) in [5, 5.41) is 4.03. The zero-order valence-corrected chi connectivity index (χ0v) is 13.5. The normalized spacial score (nSPS) is 18.8. The van der Waals surface area contributed by atoms with Crippen LogP contribution < -0.4 is 5.32 Å². The number of halogens is 1. The van der Waals surface area contributed by atoms with E-state index in [9.17, 15) is 4.79 Å². The number of hydrogen-bond donors (Lipinski definition) is 1. The Morgan fingerprint density at radius 1 is 0.833 bits per heavy atom. The fraction of sp³-hybridized carbons (Fsp3) is 0.0500. The third kappa shape index (κ3) is 2.34. The fourth-order valence-electron chi connectivity index (χ4n) is 3.01. The number of rotatable bonds is 3. The molecule has 1 atom stereocenters. The maximum absolute atomic E-state index is 12.4. The average Bonchev–Trinajstić information content (AvgIpc) is 2.91. The summed E-state index contributed by atoms with van der Waals surface area (Å²) in [5.74, 6) is -0.337. The molecule has 1 N–H and O–H groups in total. The number of fused-ring (bicyclic) bond motifs is 1. The monoisotopic (exact) mass is 335 g/mol. The van der Waals surface area contributed by atoms with E-state index in [0.717, 1.165) is 16.8 Å². The zero-order chi connectivity index (χ0) is 16.6. The highest BCUT2D eigenvalue weighted by molar-refractivity contribution is 6.30. The van der Waals surface area contributed by atoms with Crippen LogP contribution in [0, 0.1) is 0 Å². The first kappa shape index (κ1) is 14.8. The summed E-state index contributed by atoms with van der Waals surface area (Å²) in [4.78, 5) is 12.4. The number of nitrogens with one attached hydrogen (secondary N) is 1. The van der Waals surface area contributed by atoms with Crippen LogP contribution >= 0.6 is 11.6 Å². The van der Waals surface area contributed by atoms with Crippen molar-refractivity contribution in [2.75, 3.05) is 5.32 Å². The van der Waals surface area contributed by atoms with Crippen molar-refractivity contribution in [3.63, 3.8) is 0 Å². The number of carbonyl (C=O) groups excluding carboxylic acids is 1. The minimum Gasteiger partial charge on any atom is -0.427 e. The van der Waals surface area contributed by atoms with Gasteiger partial charge >= 0.3 is 5.97 Å². The number of ether oxygens (including phenoxy) is 1. The van der Waals surface area contributed by atoms with E-state index in [1.54, 1.807) is 18.2 Å². The maximum Gasteiger partial charge on any atom is 0.341 e. The Bertz CT molecular complexity index is 893. The molecular formula is C20H14ClNO2. The average molecular weight is 336 g/mol. The van der Waals surface area contributed by atoms with Crippen LogP contribution in [0.25, 0.3) is 0 Å². The molecule has 1 heterocycles. The van der Waals surface area contributed by atoms with Crippen LogP contribution in [0.2, 0.25) is 5.02 Å². The second-order valence-corrected chi connectivity index (χ2v) is 6.05. The summed E-state index contributed by atoms with van der Waals surface area (Å²) in [5.41, 5.74) is 1.99. The number of anilines is 1. The molecule has 0 bridgehead atoms. The van der Waals surface area contributed by atoms with Gasteiger partial charge in [0.2, 0.25) is 5.72 Å². The lowest BCUT2D eigenvalue weighted by atomic mass is 9.92. The van der Waals surface area contributed by atoms with E-state index >= 15 is 0 Å². The van der Waals surface area contributed by atoms with Gasteiger partial charge in [-0.1, -0.05) is 60.1 Å². The first-order valence-corrected chi connectivity index (χ1v) is 7.99. The third-order valence-electron chi connectivity index (χ3n) is 4.12. The molecule has 0 saturated heterocycles. The molecular weight excluding hydrogens is 322 g/mol. The molecule has 0 radical (unpaired) electrons. The Kier molecular flexibility index (Phi) is 3.51. The van der Waals surface area contributed by atoms with Crippen LogP contribution in [0.3, 0.4) is 0 Å². The lowest BCUT2D eigenvalue weighted by Crippen LogP contribution is -2.36. The molecule has 118 valence electrons. The third-order valence-corrected chi connectivity index (χ3v) is 4.37. The number of esters is 1. The van der Waals surface area contributed by atoms with E-state index in [4.69, 9.17) is 16.3 Å². The second kappa shape index (κ2) is 5.69. The number of hydrogen-bond acceptors (Lipinski definition) is 3. The standard InChI is InChI=1S/C20H14ClNO2/c21-15-10-12-16(13-11-15)22-20(14-6-2-1-3-7-14)18-9-5-4-8-17(18)19(23)24-20/h1-13,22H. The molecule has 24 heavy (non-hydrogen) atoms. The molecule has 1 aliphatic heterocycles. The highest BCUT2D eigenvalue weighted by Gasteiger charge is 2.47. The molecule has 0 fully saturated rings. The Labute approximate surface area is 144 Å². The van der Waals surface area contributed by atoms with Crippen molar-refractivity contribution < 1.29 is 9.53 Å². The minimum atomic E-state index is -1.05. The van der Waals surface area contributed by atoms with Crippen LogP contribution in [0.15, 0.2) is 78.9 Å². The number of benzene rings is 3. The van der Waals surface area contributed by atoms with Gasteiger partial charge in [-0.25, -0.2) is 4.79 Å². The fourth-order valence-corrected chi connectivity index (χ4v) is 3.13. The molecule has 0 saturated carbocycles. The zero-order valence-electron chi connectivity index (χ0n) is 12.7. The van der Waals surface area contributed by atoms with Crippen molar-refractivity contribution >= 4 is 23.3 Å². The molecule has 3 aromatic carbocycles. The molecule has 0 amide bonds. The first-order chi connectivity index (χ1) is 11.7. The van der Waals surface area contributed by atoms with Crippen LogP contribution in [-0.2, 0) is 10.5 Å². The predicted molar refractivity (Wildman–Crippen MR) is 94.2 cm³/mol. The highest BCUT2D eigenvalue weighted by atomic mass is 35.5. The number of carbonyl (C=O) groups is 1. The smallest absolute Gasteiger partial charge is 0.341 e. The lowest BCUT2D eigenvalue weighted by molar-refractivity contribution is 0.0212. The quantitative estimate of drug-likeness (QED) is 0.697. The van der Waals surface area contributed by atoms with Crippen LogP contribution in [0.1, 0.15) is 21.5 Å². The topological polar surface area (TPSA) is 38.3 Å². The SMILES string of the molecule is O=C1OC(Nc2ccc(Cl)cc2)(c2ccccc2)c2ccccc21. The van der Waals surface area contributed by atoms with Crippen LogP contribution in [-0.4, -0.2) is 5.97 Å². The first-order valence-electron chi connectivity index (χ1n) is 7.61. The second-order valence-electron chi connectivity index (χ2n) is 5.61. The van der Waals surface area contributed by atoms with Gasteiger partial charge < -0.3 is 10.1 Å². The van der Waals surface area contributed by atoms with E-state index in [1.807, 2.05) is 60.7 Å². The summed E-state index contributed by atoms with van der Waals surface area (Å²) in [6.45, 7) is 0. The Hall–Kier alpha value is -2.78. The van der Waals surface area contributed by atoms with Crippen molar-refractivity contribution in [1.82, 2.24) is 0 Å². The van der Waals surface area contributed by atoms with E-state index in [0.29, 0.717) is 10.6 Å². The molecule has 0 spiro atoms. The highest BCUT2D eigenvalue weighted by Crippen LogP contribution is 2.42. The van der Waals surface area contributed by atoms with E-state index in [-0.39, 0.29) is 5.97 Å². The Balaban J connectivity index is 1.89. The molecule has 3 aromatic rings. The minimum absolute atomic E-state index is 0.337. The van der Waals surface area contributed by atoms with Gasteiger partial charge in [-0.15, -0.1) is 0 Å². The molecule has 0 aromatic heterocycles.